The molecule has 0 aliphatic carbocycles. The Morgan fingerprint density at radius 2 is 1.87 bits per heavy atom. The number of halogens is 1. The van der Waals surface area contributed by atoms with E-state index in [1.54, 1.807) is 0 Å². The fourth-order valence-electron chi connectivity index (χ4n) is 2.25. The first kappa shape index (κ1) is 11.0. The average Bonchev–Trinajstić information content (AvgIpc) is 2.19. The van der Waals surface area contributed by atoms with Gasteiger partial charge in [0, 0.05) is 17.5 Å². The lowest BCUT2D eigenvalue weighted by molar-refractivity contribution is 0.313. The number of benzene rings is 1. The standard InChI is InChI=1S/C13H17ClN/c1-13(2)9-15-8-7-12(13)10-3-5-11(14)6-4-10/h3-6,15H,7-9H2,1-2H3. The zero-order valence-electron chi connectivity index (χ0n) is 9.31. The number of hydrogen-bond acceptors (Lipinski definition) is 1. The van der Waals surface area contributed by atoms with Crippen LogP contribution in [0.2, 0.25) is 5.02 Å². The summed E-state index contributed by atoms with van der Waals surface area (Å²) in [5.74, 6) is 1.54. The fourth-order valence-corrected chi connectivity index (χ4v) is 2.37. The van der Waals surface area contributed by atoms with Crippen molar-refractivity contribution in [3.8, 4) is 0 Å². The van der Waals surface area contributed by atoms with E-state index in [-0.39, 0.29) is 5.41 Å². The molecule has 1 aliphatic rings. The summed E-state index contributed by atoms with van der Waals surface area (Å²) in [5.41, 5.74) is 1.59. The Morgan fingerprint density at radius 3 is 2.47 bits per heavy atom. The highest BCUT2D eigenvalue weighted by Gasteiger charge is 2.33. The molecular weight excluding hydrogens is 206 g/mol. The highest BCUT2D eigenvalue weighted by molar-refractivity contribution is 6.30. The lowest BCUT2D eigenvalue weighted by Crippen LogP contribution is -2.41. The summed E-state index contributed by atoms with van der Waals surface area (Å²) in [4.78, 5) is 0. The minimum atomic E-state index is 0.256. The Labute approximate surface area is 96.8 Å². The molecular formula is C13H17ClN. The van der Waals surface area contributed by atoms with Crippen LogP contribution in [0.1, 0.15) is 25.8 Å². The summed E-state index contributed by atoms with van der Waals surface area (Å²) in [5, 5.41) is 4.25. The molecule has 1 fully saturated rings. The largest absolute Gasteiger partial charge is 0.316 e. The number of nitrogens with one attached hydrogen (secondary N) is 1. The molecule has 1 aromatic carbocycles. The second-order valence-electron chi connectivity index (χ2n) is 4.80. The maximum atomic E-state index is 5.90. The highest BCUT2D eigenvalue weighted by Crippen LogP contribution is 2.38. The van der Waals surface area contributed by atoms with E-state index < -0.39 is 0 Å². The molecule has 2 heteroatoms. The molecule has 0 unspecified atom stereocenters. The highest BCUT2D eigenvalue weighted by atomic mass is 35.5. The first-order valence-corrected chi connectivity index (χ1v) is 5.80. The van der Waals surface area contributed by atoms with Crippen molar-refractivity contribution in [3.63, 3.8) is 0 Å². The summed E-state index contributed by atoms with van der Waals surface area (Å²) in [6, 6.07) is 8.21. The number of hydrogen-bond donors (Lipinski definition) is 1. The maximum Gasteiger partial charge on any atom is 0.0406 e. The average molecular weight is 223 g/mol. The molecule has 0 saturated carbocycles. The van der Waals surface area contributed by atoms with Gasteiger partial charge in [-0.1, -0.05) is 37.6 Å². The van der Waals surface area contributed by atoms with Gasteiger partial charge in [0.2, 0.25) is 0 Å². The Hall–Kier alpha value is -0.530. The molecule has 0 bridgehead atoms. The Kier molecular flexibility index (Phi) is 3.03. The normalized spacial score (nSPS) is 21.5. The first-order chi connectivity index (χ1) is 7.09. The van der Waals surface area contributed by atoms with Crippen molar-refractivity contribution >= 4 is 11.6 Å². The summed E-state index contributed by atoms with van der Waals surface area (Å²) in [6.45, 7) is 6.73. The van der Waals surface area contributed by atoms with Crippen LogP contribution in [0.15, 0.2) is 24.3 Å². The van der Waals surface area contributed by atoms with Gasteiger partial charge in [0.15, 0.2) is 0 Å². The Morgan fingerprint density at radius 1 is 1.20 bits per heavy atom. The molecule has 15 heavy (non-hydrogen) atoms. The molecule has 1 aromatic rings. The zero-order valence-corrected chi connectivity index (χ0v) is 10.1. The predicted octanol–water partition coefficient (Wildman–Crippen LogP) is 3.28. The van der Waals surface area contributed by atoms with Crippen LogP contribution in [0.4, 0.5) is 0 Å². The van der Waals surface area contributed by atoms with Crippen molar-refractivity contribution in [2.75, 3.05) is 13.1 Å². The third-order valence-electron chi connectivity index (χ3n) is 3.13. The van der Waals surface area contributed by atoms with Gasteiger partial charge in [-0.3, -0.25) is 0 Å². The van der Waals surface area contributed by atoms with Crippen molar-refractivity contribution in [1.29, 1.82) is 0 Å². The molecule has 1 heterocycles. The van der Waals surface area contributed by atoms with E-state index in [2.05, 4.69) is 31.3 Å². The lowest BCUT2D eigenvalue weighted by atomic mass is 9.71. The van der Waals surface area contributed by atoms with Gasteiger partial charge in [0.05, 0.1) is 0 Å². The van der Waals surface area contributed by atoms with Crippen LogP contribution in [-0.4, -0.2) is 13.1 Å². The smallest absolute Gasteiger partial charge is 0.0406 e. The van der Waals surface area contributed by atoms with Gasteiger partial charge >= 0.3 is 0 Å². The SMILES string of the molecule is CC1(C)CNCC[C]1c1ccc(Cl)cc1. The molecule has 1 radical (unpaired) electrons. The Balaban J connectivity index is 2.25. The first-order valence-electron chi connectivity index (χ1n) is 5.42. The monoisotopic (exact) mass is 222 g/mol. The minimum Gasteiger partial charge on any atom is -0.316 e. The van der Waals surface area contributed by atoms with Gasteiger partial charge in [-0.2, -0.15) is 0 Å². The van der Waals surface area contributed by atoms with Crippen molar-refractivity contribution in [1.82, 2.24) is 5.32 Å². The van der Waals surface area contributed by atoms with Crippen LogP contribution >= 0.6 is 11.6 Å². The zero-order chi connectivity index (χ0) is 10.9. The molecule has 1 saturated heterocycles. The van der Waals surface area contributed by atoms with Crippen molar-refractivity contribution < 1.29 is 0 Å². The number of piperidine rings is 1. The fraction of sp³-hybridized carbons (Fsp3) is 0.462. The minimum absolute atomic E-state index is 0.256. The van der Waals surface area contributed by atoms with E-state index in [0.717, 1.165) is 24.5 Å². The maximum absolute atomic E-state index is 5.90. The van der Waals surface area contributed by atoms with E-state index in [1.807, 2.05) is 12.1 Å². The molecule has 0 spiro atoms. The van der Waals surface area contributed by atoms with Gasteiger partial charge in [-0.25, -0.2) is 0 Å². The van der Waals surface area contributed by atoms with E-state index in [1.165, 1.54) is 11.5 Å². The molecule has 1 N–H and O–H groups in total. The number of rotatable bonds is 1. The third kappa shape index (κ3) is 2.35. The summed E-state index contributed by atoms with van der Waals surface area (Å²) in [6.07, 6.45) is 1.13. The molecule has 81 valence electrons. The van der Waals surface area contributed by atoms with Crippen LogP contribution in [0.5, 0.6) is 0 Å². The van der Waals surface area contributed by atoms with Gasteiger partial charge in [-0.05, 0) is 36.1 Å². The topological polar surface area (TPSA) is 12.0 Å². The van der Waals surface area contributed by atoms with Crippen LogP contribution in [0.25, 0.3) is 0 Å². The molecule has 2 rings (SSSR count). The van der Waals surface area contributed by atoms with Crippen LogP contribution in [0.3, 0.4) is 0 Å². The summed E-state index contributed by atoms with van der Waals surface area (Å²) in [7, 11) is 0. The lowest BCUT2D eigenvalue weighted by Gasteiger charge is -2.38. The summed E-state index contributed by atoms with van der Waals surface area (Å²) >= 11 is 5.90. The van der Waals surface area contributed by atoms with E-state index in [0.29, 0.717) is 0 Å². The Bertz CT molecular complexity index is 329. The predicted molar refractivity (Wildman–Crippen MR) is 65.1 cm³/mol. The van der Waals surface area contributed by atoms with E-state index in [9.17, 15) is 0 Å². The van der Waals surface area contributed by atoms with Gasteiger partial charge in [-0.15, -0.1) is 0 Å². The van der Waals surface area contributed by atoms with Gasteiger partial charge < -0.3 is 5.32 Å². The molecule has 1 nitrogen and oxygen atoms in total. The third-order valence-corrected chi connectivity index (χ3v) is 3.38. The van der Waals surface area contributed by atoms with Gasteiger partial charge in [0.25, 0.3) is 0 Å². The van der Waals surface area contributed by atoms with Crippen molar-refractivity contribution in [3.05, 3.63) is 40.8 Å². The second-order valence-corrected chi connectivity index (χ2v) is 5.23. The van der Waals surface area contributed by atoms with Crippen LogP contribution in [-0.2, 0) is 0 Å². The molecule has 1 aliphatic heterocycles. The summed E-state index contributed by atoms with van der Waals surface area (Å²) < 4.78 is 0. The molecule has 0 atom stereocenters. The van der Waals surface area contributed by atoms with E-state index in [4.69, 9.17) is 11.6 Å². The van der Waals surface area contributed by atoms with Crippen molar-refractivity contribution in [2.24, 2.45) is 5.41 Å². The molecule has 0 amide bonds. The molecule has 0 aromatic heterocycles. The van der Waals surface area contributed by atoms with Crippen molar-refractivity contribution in [2.45, 2.75) is 20.3 Å². The van der Waals surface area contributed by atoms with E-state index >= 15 is 0 Å². The quantitative estimate of drug-likeness (QED) is 0.769. The second kappa shape index (κ2) is 4.15. The van der Waals surface area contributed by atoms with Crippen LogP contribution in [0, 0.1) is 11.3 Å². The van der Waals surface area contributed by atoms with Crippen LogP contribution < -0.4 is 5.32 Å². The van der Waals surface area contributed by atoms with Gasteiger partial charge in [0.1, 0.15) is 0 Å².